The van der Waals surface area contributed by atoms with E-state index in [0.29, 0.717) is 17.8 Å². The van der Waals surface area contributed by atoms with Crippen molar-refractivity contribution in [2.24, 2.45) is 0 Å². The average Bonchev–Trinajstić information content (AvgIpc) is 3.39. The largest absolute Gasteiger partial charge is 0.326 e. The van der Waals surface area contributed by atoms with Crippen molar-refractivity contribution < 1.29 is 9.59 Å². The van der Waals surface area contributed by atoms with Crippen molar-refractivity contribution in [2.75, 3.05) is 11.9 Å². The third-order valence-corrected chi connectivity index (χ3v) is 6.62. The fourth-order valence-electron chi connectivity index (χ4n) is 3.43. The van der Waals surface area contributed by atoms with Gasteiger partial charge in [-0.25, -0.2) is 0 Å². The second-order valence-electron chi connectivity index (χ2n) is 6.43. The van der Waals surface area contributed by atoms with Crippen LogP contribution in [0.3, 0.4) is 0 Å². The Hall–Kier alpha value is -2.95. The van der Waals surface area contributed by atoms with Crippen LogP contribution in [0.1, 0.15) is 38.1 Å². The molecule has 0 radical (unpaired) electrons. The number of thiophene rings is 2. The van der Waals surface area contributed by atoms with E-state index in [1.807, 2.05) is 22.4 Å². The van der Waals surface area contributed by atoms with Crippen LogP contribution in [-0.4, -0.2) is 23.3 Å². The molecule has 0 bridgehead atoms. The Morgan fingerprint density at radius 1 is 1.14 bits per heavy atom. The molecule has 0 spiro atoms. The lowest BCUT2D eigenvalue weighted by Crippen LogP contribution is -2.39. The molecule has 0 fully saturated rings. The molecule has 1 unspecified atom stereocenters. The maximum absolute atomic E-state index is 13.3. The predicted molar refractivity (Wildman–Crippen MR) is 111 cm³/mol. The van der Waals surface area contributed by atoms with Gasteiger partial charge in [-0.15, -0.1) is 22.7 Å². The molecule has 4 rings (SSSR count). The van der Waals surface area contributed by atoms with Gasteiger partial charge in [-0.2, -0.15) is 5.26 Å². The average molecular weight is 408 g/mol. The van der Waals surface area contributed by atoms with Gasteiger partial charge in [-0.3, -0.25) is 9.59 Å². The number of hydrogen-bond donors (Lipinski definition) is 1. The van der Waals surface area contributed by atoms with Gasteiger partial charge in [0.1, 0.15) is 6.42 Å². The van der Waals surface area contributed by atoms with E-state index in [2.05, 4.69) is 22.8 Å². The number of amides is 2. The first-order valence-corrected chi connectivity index (χ1v) is 10.6. The normalized spacial score (nSPS) is 15.5. The summed E-state index contributed by atoms with van der Waals surface area (Å²) in [6.07, 6.45) is 0.669. The first-order chi connectivity index (χ1) is 13.7. The van der Waals surface area contributed by atoms with Crippen molar-refractivity contribution in [3.63, 3.8) is 0 Å². The molecule has 3 heterocycles. The molecule has 1 N–H and O–H groups in total. The second kappa shape index (κ2) is 7.97. The number of anilines is 1. The van der Waals surface area contributed by atoms with Crippen LogP contribution in [0.25, 0.3) is 0 Å². The van der Waals surface area contributed by atoms with Gasteiger partial charge in [-0.1, -0.05) is 6.07 Å². The zero-order valence-corrected chi connectivity index (χ0v) is 16.6. The number of fused-ring (bicyclic) bond motifs is 1. The minimum atomic E-state index is -0.361. The topological polar surface area (TPSA) is 73.2 Å². The molecule has 3 aromatic rings. The van der Waals surface area contributed by atoms with Crippen LogP contribution in [0.15, 0.2) is 53.2 Å². The van der Waals surface area contributed by atoms with E-state index in [1.54, 1.807) is 46.9 Å². The highest BCUT2D eigenvalue weighted by Gasteiger charge is 2.33. The minimum absolute atomic E-state index is 0.0230. The molecule has 2 amide bonds. The van der Waals surface area contributed by atoms with Crippen LogP contribution in [0.2, 0.25) is 0 Å². The van der Waals surface area contributed by atoms with E-state index >= 15 is 0 Å². The molecule has 7 heteroatoms. The fourth-order valence-corrected chi connectivity index (χ4v) is 5.19. The summed E-state index contributed by atoms with van der Waals surface area (Å²) in [4.78, 5) is 29.3. The van der Waals surface area contributed by atoms with Crippen molar-refractivity contribution in [2.45, 2.75) is 18.9 Å². The molecular formula is C21H17N3O2S2. The summed E-state index contributed by atoms with van der Waals surface area (Å²) >= 11 is 3.41. The lowest BCUT2D eigenvalue weighted by atomic mass is 9.97. The number of carbonyl (C=O) groups is 2. The molecule has 5 nitrogen and oxygen atoms in total. The summed E-state index contributed by atoms with van der Waals surface area (Å²) in [5.74, 6) is -0.384. The quantitative estimate of drug-likeness (QED) is 0.694. The zero-order chi connectivity index (χ0) is 19.5. The number of rotatable bonds is 4. The molecule has 1 aliphatic heterocycles. The van der Waals surface area contributed by atoms with E-state index in [-0.39, 0.29) is 24.3 Å². The number of nitriles is 1. The highest BCUT2D eigenvalue weighted by atomic mass is 32.1. The van der Waals surface area contributed by atoms with Crippen molar-refractivity contribution in [1.82, 2.24) is 4.90 Å². The van der Waals surface area contributed by atoms with Crippen LogP contribution in [0.5, 0.6) is 0 Å². The third-order valence-electron chi connectivity index (χ3n) is 4.69. The maximum Gasteiger partial charge on any atom is 0.254 e. The molecule has 0 saturated heterocycles. The molecule has 2 aromatic heterocycles. The zero-order valence-electron chi connectivity index (χ0n) is 14.9. The van der Waals surface area contributed by atoms with Gasteiger partial charge >= 0.3 is 0 Å². The molecule has 140 valence electrons. The Morgan fingerprint density at radius 2 is 1.96 bits per heavy atom. The van der Waals surface area contributed by atoms with Gasteiger partial charge < -0.3 is 10.2 Å². The van der Waals surface area contributed by atoms with E-state index in [4.69, 9.17) is 5.26 Å². The molecule has 28 heavy (non-hydrogen) atoms. The first-order valence-electron chi connectivity index (χ1n) is 8.85. The molecule has 0 saturated carbocycles. The Labute approximate surface area is 170 Å². The highest BCUT2D eigenvalue weighted by molar-refractivity contribution is 7.10. The summed E-state index contributed by atoms with van der Waals surface area (Å²) in [7, 11) is 0. The lowest BCUT2D eigenvalue weighted by Gasteiger charge is -2.35. The van der Waals surface area contributed by atoms with Crippen LogP contribution in [0, 0.1) is 11.3 Å². The Bertz CT molecular complexity index is 1030. The lowest BCUT2D eigenvalue weighted by molar-refractivity contribution is -0.115. The molecular weight excluding hydrogens is 390 g/mol. The van der Waals surface area contributed by atoms with Crippen LogP contribution in [-0.2, 0) is 11.2 Å². The number of benzene rings is 1. The van der Waals surface area contributed by atoms with E-state index in [9.17, 15) is 9.59 Å². The summed E-state index contributed by atoms with van der Waals surface area (Å²) in [5.41, 5.74) is 2.37. The number of nitrogens with zero attached hydrogens (tertiary/aromatic N) is 2. The standard InChI is InChI=1S/C21H17N3O2S2/c22-10-7-19(25)23-15-5-3-14(4-6-15)21(26)24-11-8-17-16(9-13-28-17)20(24)18-2-1-12-27-18/h1-6,9,12-13,20H,7-8,11H2,(H,23,25). The van der Waals surface area contributed by atoms with Gasteiger partial charge in [0.2, 0.25) is 5.91 Å². The first kappa shape index (κ1) is 18.4. The fraction of sp³-hybridized carbons (Fsp3) is 0.190. The van der Waals surface area contributed by atoms with E-state index in [0.717, 1.165) is 11.3 Å². The highest BCUT2D eigenvalue weighted by Crippen LogP contribution is 2.40. The van der Waals surface area contributed by atoms with E-state index < -0.39 is 0 Å². The van der Waals surface area contributed by atoms with Gasteiger partial charge in [0.15, 0.2) is 0 Å². The SMILES string of the molecule is N#CCC(=O)Nc1ccc(C(=O)N2CCc3sccc3C2c2cccs2)cc1. The van der Waals surface area contributed by atoms with Crippen molar-refractivity contribution in [3.05, 3.63) is 74.1 Å². The number of hydrogen-bond acceptors (Lipinski definition) is 5. The summed E-state index contributed by atoms with van der Waals surface area (Å²) in [5, 5.41) is 15.4. The molecule has 1 atom stereocenters. The van der Waals surface area contributed by atoms with Crippen molar-refractivity contribution >= 4 is 40.2 Å². The van der Waals surface area contributed by atoms with Crippen molar-refractivity contribution in [3.8, 4) is 6.07 Å². The Balaban J connectivity index is 1.59. The van der Waals surface area contributed by atoms with Gasteiger partial charge in [0.25, 0.3) is 5.91 Å². The smallest absolute Gasteiger partial charge is 0.254 e. The number of nitrogens with one attached hydrogen (secondary N) is 1. The van der Waals surface area contributed by atoms with Crippen LogP contribution >= 0.6 is 22.7 Å². The predicted octanol–water partition coefficient (Wildman–Crippen LogP) is 4.45. The van der Waals surface area contributed by atoms with Gasteiger partial charge in [0.05, 0.1) is 12.1 Å². The third kappa shape index (κ3) is 3.57. The summed E-state index contributed by atoms with van der Waals surface area (Å²) in [6, 6.07) is 14.8. The molecule has 1 aliphatic rings. The second-order valence-corrected chi connectivity index (χ2v) is 8.41. The summed E-state index contributed by atoms with van der Waals surface area (Å²) in [6.45, 7) is 0.676. The Morgan fingerprint density at radius 3 is 2.68 bits per heavy atom. The minimum Gasteiger partial charge on any atom is -0.326 e. The van der Waals surface area contributed by atoms with E-state index in [1.165, 1.54) is 10.4 Å². The monoisotopic (exact) mass is 407 g/mol. The van der Waals surface area contributed by atoms with Crippen molar-refractivity contribution in [1.29, 1.82) is 5.26 Å². The number of carbonyl (C=O) groups excluding carboxylic acids is 2. The van der Waals surface area contributed by atoms with Gasteiger partial charge in [0, 0.05) is 27.5 Å². The summed E-state index contributed by atoms with van der Waals surface area (Å²) < 4.78 is 0. The van der Waals surface area contributed by atoms with Crippen LogP contribution < -0.4 is 5.32 Å². The molecule has 0 aliphatic carbocycles. The van der Waals surface area contributed by atoms with Crippen LogP contribution in [0.4, 0.5) is 5.69 Å². The van der Waals surface area contributed by atoms with Gasteiger partial charge in [-0.05, 0) is 59.1 Å². The Kier molecular flexibility index (Phi) is 5.24. The molecule has 1 aromatic carbocycles. The maximum atomic E-state index is 13.3.